The van der Waals surface area contributed by atoms with Crippen molar-refractivity contribution in [1.82, 2.24) is 4.98 Å². The van der Waals surface area contributed by atoms with Crippen LogP contribution in [0.5, 0.6) is 5.75 Å². The van der Waals surface area contributed by atoms with E-state index in [0.29, 0.717) is 6.61 Å². The molecule has 0 aliphatic carbocycles. The van der Waals surface area contributed by atoms with Crippen LogP contribution in [0.2, 0.25) is 0 Å². The summed E-state index contributed by atoms with van der Waals surface area (Å²) >= 11 is 0. The molecule has 33 heavy (non-hydrogen) atoms. The molecular weight excluding hydrogens is 404 g/mol. The number of pyridine rings is 1. The Morgan fingerprint density at radius 1 is 0.879 bits per heavy atom. The molecule has 0 atom stereocenters. The molecule has 1 fully saturated rings. The Labute approximate surface area is 197 Å². The SMILES string of the molecule is Cc1ccc(C)c(COc2cccc3ccc(N4CCC(Cc5ccccc5)CC4)nc23)c1. The Kier molecular flexibility index (Phi) is 6.30. The molecule has 4 aromatic rings. The van der Waals surface area contributed by atoms with E-state index in [-0.39, 0.29) is 0 Å². The van der Waals surface area contributed by atoms with Gasteiger partial charge < -0.3 is 9.64 Å². The number of aryl methyl sites for hydroxylation is 2. The van der Waals surface area contributed by atoms with Crippen LogP contribution in [-0.2, 0) is 13.0 Å². The van der Waals surface area contributed by atoms with E-state index in [9.17, 15) is 0 Å². The van der Waals surface area contributed by atoms with Crippen LogP contribution in [0.15, 0.2) is 78.9 Å². The molecule has 0 N–H and O–H groups in total. The molecule has 3 heteroatoms. The zero-order valence-electron chi connectivity index (χ0n) is 19.6. The summed E-state index contributed by atoms with van der Waals surface area (Å²) in [5.74, 6) is 2.67. The van der Waals surface area contributed by atoms with E-state index in [1.165, 1.54) is 41.5 Å². The molecule has 1 aliphatic rings. The molecule has 0 unspecified atom stereocenters. The summed E-state index contributed by atoms with van der Waals surface area (Å²) in [6, 6.07) is 27.9. The highest BCUT2D eigenvalue weighted by Crippen LogP contribution is 2.30. The first-order valence-electron chi connectivity index (χ1n) is 12.0. The van der Waals surface area contributed by atoms with Crippen LogP contribution in [0.4, 0.5) is 5.82 Å². The Morgan fingerprint density at radius 3 is 2.52 bits per heavy atom. The molecule has 5 rings (SSSR count). The highest BCUT2D eigenvalue weighted by molar-refractivity contribution is 5.86. The van der Waals surface area contributed by atoms with Crippen LogP contribution < -0.4 is 9.64 Å². The van der Waals surface area contributed by atoms with Gasteiger partial charge in [-0.1, -0.05) is 66.2 Å². The fourth-order valence-electron chi connectivity index (χ4n) is 4.83. The van der Waals surface area contributed by atoms with Gasteiger partial charge in [-0.05, 0) is 73.9 Å². The number of nitrogens with zero attached hydrogens (tertiary/aromatic N) is 2. The summed E-state index contributed by atoms with van der Waals surface area (Å²) in [4.78, 5) is 7.49. The lowest BCUT2D eigenvalue weighted by Gasteiger charge is -2.33. The van der Waals surface area contributed by atoms with E-state index >= 15 is 0 Å². The van der Waals surface area contributed by atoms with Crippen molar-refractivity contribution in [3.63, 3.8) is 0 Å². The van der Waals surface area contributed by atoms with Crippen LogP contribution >= 0.6 is 0 Å². The number of benzene rings is 3. The minimum Gasteiger partial charge on any atom is -0.487 e. The molecule has 1 saturated heterocycles. The third kappa shape index (κ3) is 5.03. The quantitative estimate of drug-likeness (QED) is 0.329. The van der Waals surface area contributed by atoms with Gasteiger partial charge in [-0.15, -0.1) is 0 Å². The Bertz CT molecular complexity index is 1230. The maximum Gasteiger partial charge on any atom is 0.146 e. The molecule has 0 bridgehead atoms. The lowest BCUT2D eigenvalue weighted by Crippen LogP contribution is -2.34. The predicted molar refractivity (Wildman–Crippen MR) is 137 cm³/mol. The summed E-state index contributed by atoms with van der Waals surface area (Å²) < 4.78 is 6.29. The van der Waals surface area contributed by atoms with Gasteiger partial charge in [0.25, 0.3) is 0 Å². The van der Waals surface area contributed by atoms with Crippen LogP contribution in [-0.4, -0.2) is 18.1 Å². The van der Waals surface area contributed by atoms with Crippen molar-refractivity contribution in [2.45, 2.75) is 39.7 Å². The van der Waals surface area contributed by atoms with Crippen LogP contribution in [0.1, 0.15) is 35.1 Å². The average Bonchev–Trinajstić information content (AvgIpc) is 2.85. The van der Waals surface area contributed by atoms with Crippen LogP contribution in [0, 0.1) is 19.8 Å². The van der Waals surface area contributed by atoms with Gasteiger partial charge in [0.05, 0.1) is 0 Å². The summed E-state index contributed by atoms with van der Waals surface area (Å²) in [6.45, 7) is 6.93. The maximum atomic E-state index is 6.29. The minimum absolute atomic E-state index is 0.559. The number of piperidine rings is 1. The number of hydrogen-bond acceptors (Lipinski definition) is 3. The first kappa shape index (κ1) is 21.5. The van der Waals surface area contributed by atoms with Gasteiger partial charge in [0, 0.05) is 18.5 Å². The second-order valence-corrected chi connectivity index (χ2v) is 9.34. The normalized spacial score (nSPS) is 14.5. The van der Waals surface area contributed by atoms with Crippen molar-refractivity contribution in [2.75, 3.05) is 18.0 Å². The van der Waals surface area contributed by atoms with E-state index in [4.69, 9.17) is 9.72 Å². The van der Waals surface area contributed by atoms with E-state index in [0.717, 1.165) is 41.5 Å². The predicted octanol–water partition coefficient (Wildman–Crippen LogP) is 6.89. The smallest absolute Gasteiger partial charge is 0.146 e. The number of ether oxygens (including phenoxy) is 1. The van der Waals surface area contributed by atoms with Gasteiger partial charge in [0.1, 0.15) is 23.7 Å². The van der Waals surface area contributed by atoms with E-state index in [2.05, 4.69) is 91.5 Å². The number of fused-ring (bicyclic) bond motifs is 1. The largest absolute Gasteiger partial charge is 0.487 e. The fourth-order valence-corrected chi connectivity index (χ4v) is 4.83. The Morgan fingerprint density at radius 2 is 1.70 bits per heavy atom. The van der Waals surface area contributed by atoms with Crippen LogP contribution in [0.25, 0.3) is 10.9 Å². The molecule has 1 aliphatic heterocycles. The molecule has 3 aromatic carbocycles. The number of aromatic nitrogens is 1. The Hall–Kier alpha value is -3.33. The molecule has 168 valence electrons. The van der Waals surface area contributed by atoms with Crippen molar-refractivity contribution in [3.8, 4) is 5.75 Å². The second kappa shape index (κ2) is 9.66. The van der Waals surface area contributed by atoms with Crippen molar-refractivity contribution < 1.29 is 4.74 Å². The summed E-state index contributed by atoms with van der Waals surface area (Å²) in [6.07, 6.45) is 3.59. The zero-order valence-corrected chi connectivity index (χ0v) is 19.6. The Balaban J connectivity index is 1.29. The number of anilines is 1. The van der Waals surface area contributed by atoms with Gasteiger partial charge >= 0.3 is 0 Å². The zero-order chi connectivity index (χ0) is 22.6. The molecular formula is C30H32N2O. The lowest BCUT2D eigenvalue weighted by atomic mass is 9.90. The number of para-hydroxylation sites is 1. The van der Waals surface area contributed by atoms with Gasteiger partial charge in [-0.25, -0.2) is 4.98 Å². The fraction of sp³-hybridized carbons (Fsp3) is 0.300. The molecule has 0 radical (unpaired) electrons. The second-order valence-electron chi connectivity index (χ2n) is 9.34. The molecule has 1 aromatic heterocycles. The first-order chi connectivity index (χ1) is 16.2. The molecule has 3 nitrogen and oxygen atoms in total. The average molecular weight is 437 g/mol. The van der Waals surface area contributed by atoms with E-state index < -0.39 is 0 Å². The summed E-state index contributed by atoms with van der Waals surface area (Å²) in [5, 5.41) is 1.12. The van der Waals surface area contributed by atoms with Gasteiger partial charge in [0.2, 0.25) is 0 Å². The molecule has 0 saturated carbocycles. The van der Waals surface area contributed by atoms with Gasteiger partial charge in [0.15, 0.2) is 0 Å². The van der Waals surface area contributed by atoms with Crippen molar-refractivity contribution in [2.24, 2.45) is 5.92 Å². The van der Waals surface area contributed by atoms with Gasteiger partial charge in [-0.3, -0.25) is 0 Å². The highest BCUT2D eigenvalue weighted by atomic mass is 16.5. The van der Waals surface area contributed by atoms with Crippen molar-refractivity contribution in [3.05, 3.63) is 101 Å². The monoisotopic (exact) mass is 436 g/mol. The third-order valence-corrected chi connectivity index (χ3v) is 6.86. The van der Waals surface area contributed by atoms with Crippen molar-refractivity contribution >= 4 is 16.7 Å². The third-order valence-electron chi connectivity index (χ3n) is 6.86. The first-order valence-corrected chi connectivity index (χ1v) is 12.0. The molecule has 0 amide bonds. The number of rotatable bonds is 6. The summed E-state index contributed by atoms with van der Waals surface area (Å²) in [5.41, 5.74) is 6.14. The molecule has 2 heterocycles. The summed E-state index contributed by atoms with van der Waals surface area (Å²) in [7, 11) is 0. The minimum atomic E-state index is 0.559. The maximum absolute atomic E-state index is 6.29. The van der Waals surface area contributed by atoms with E-state index in [1.807, 2.05) is 6.07 Å². The standard InChI is InChI=1S/C30H32N2O/c1-22-11-12-23(2)27(19-22)21-33-28-10-6-9-26-13-14-29(31-30(26)28)32-17-15-25(16-18-32)20-24-7-4-3-5-8-24/h3-14,19,25H,15-18,20-21H2,1-2H3. The van der Waals surface area contributed by atoms with Gasteiger partial charge in [-0.2, -0.15) is 0 Å². The topological polar surface area (TPSA) is 25.4 Å². The van der Waals surface area contributed by atoms with E-state index in [1.54, 1.807) is 0 Å². The molecule has 0 spiro atoms. The highest BCUT2D eigenvalue weighted by Gasteiger charge is 2.21. The van der Waals surface area contributed by atoms with Crippen LogP contribution in [0.3, 0.4) is 0 Å². The van der Waals surface area contributed by atoms with Crippen molar-refractivity contribution in [1.29, 1.82) is 0 Å². The number of hydrogen-bond donors (Lipinski definition) is 0. The lowest BCUT2D eigenvalue weighted by molar-refractivity contribution is 0.308.